The molecule has 0 aromatic heterocycles. The fourth-order valence-electron chi connectivity index (χ4n) is 4.06. The molecular weight excluding hydrogens is 428 g/mol. The molecule has 2 aliphatic rings. The van der Waals surface area contributed by atoms with Crippen LogP contribution < -0.4 is 0 Å². The van der Waals surface area contributed by atoms with Crippen LogP contribution in [0, 0.1) is 0 Å². The Labute approximate surface area is 193 Å². The molecule has 0 saturated carbocycles. The number of hydrogen-bond donors (Lipinski definition) is 0. The van der Waals surface area contributed by atoms with E-state index in [1.807, 2.05) is 67.6 Å². The van der Waals surface area contributed by atoms with Gasteiger partial charge in [-0.05, 0) is 18.1 Å². The maximum atomic E-state index is 12.7. The van der Waals surface area contributed by atoms with Gasteiger partial charge in [-0.3, -0.25) is 4.74 Å². The Bertz CT molecular complexity index is 892. The Balaban J connectivity index is 1.60. The van der Waals surface area contributed by atoms with Crippen LogP contribution in [0.5, 0.6) is 0 Å². The highest BCUT2D eigenvalue weighted by Gasteiger charge is 2.59. The van der Waals surface area contributed by atoms with Gasteiger partial charge in [0.15, 0.2) is 12.4 Å². The van der Waals surface area contributed by atoms with E-state index in [1.54, 1.807) is 6.92 Å². The third-order valence-electron chi connectivity index (χ3n) is 5.59. The van der Waals surface area contributed by atoms with Gasteiger partial charge in [-0.15, -0.1) is 0 Å². The van der Waals surface area contributed by atoms with Gasteiger partial charge < -0.3 is 28.4 Å². The summed E-state index contributed by atoms with van der Waals surface area (Å²) in [5.41, 5.74) is 1.93. The molecule has 4 rings (SSSR count). The van der Waals surface area contributed by atoms with Crippen LogP contribution in [0.4, 0.5) is 0 Å². The van der Waals surface area contributed by atoms with E-state index in [4.69, 9.17) is 33.2 Å². The van der Waals surface area contributed by atoms with Crippen LogP contribution in [0.15, 0.2) is 60.7 Å². The molecule has 33 heavy (non-hydrogen) atoms. The van der Waals surface area contributed by atoms with E-state index in [0.717, 1.165) is 11.1 Å². The molecule has 0 N–H and O–H groups in total. The Morgan fingerprint density at radius 3 is 2.03 bits per heavy atom. The van der Waals surface area contributed by atoms with Crippen molar-refractivity contribution in [1.29, 1.82) is 0 Å². The summed E-state index contributed by atoms with van der Waals surface area (Å²) >= 11 is 0. The lowest BCUT2D eigenvalue weighted by Gasteiger charge is -2.41. The van der Waals surface area contributed by atoms with Crippen molar-refractivity contribution in [1.82, 2.24) is 0 Å². The van der Waals surface area contributed by atoms with E-state index < -0.39 is 42.6 Å². The molecule has 0 bridgehead atoms. The molecule has 2 saturated heterocycles. The van der Waals surface area contributed by atoms with Crippen molar-refractivity contribution in [2.24, 2.45) is 0 Å². The molecule has 1 unspecified atom stereocenters. The van der Waals surface area contributed by atoms with Crippen molar-refractivity contribution in [3.05, 3.63) is 71.8 Å². The number of ether oxygens (including phenoxy) is 7. The van der Waals surface area contributed by atoms with Crippen LogP contribution in [-0.2, 0) is 51.2 Å². The van der Waals surface area contributed by atoms with Crippen molar-refractivity contribution in [2.45, 2.75) is 63.7 Å². The number of esters is 1. The van der Waals surface area contributed by atoms with Gasteiger partial charge in [-0.2, -0.15) is 0 Å². The summed E-state index contributed by atoms with van der Waals surface area (Å²) < 4.78 is 41.2. The number of hydrogen-bond acceptors (Lipinski definition) is 8. The summed E-state index contributed by atoms with van der Waals surface area (Å²) in [5.74, 6) is -1.90. The van der Waals surface area contributed by atoms with Crippen molar-refractivity contribution in [3.8, 4) is 0 Å². The molecule has 0 radical (unpaired) electrons. The summed E-state index contributed by atoms with van der Waals surface area (Å²) in [7, 11) is 1.31. The standard InChI is InChI=1S/C25H30O8/c1-4-30-25(2)32-22-20(29-16-18-13-9-6-10-14-18)19(28-15-17-11-7-5-8-12-17)21(23(26)27-3)31-24(22)33-25/h5-14,19-22,24H,4,15-16H2,1-3H3/t19-,20-,21-,22+,24+,25?/m0/s1. The van der Waals surface area contributed by atoms with Crippen molar-refractivity contribution in [3.63, 3.8) is 0 Å². The van der Waals surface area contributed by atoms with Gasteiger partial charge in [0.25, 0.3) is 5.97 Å². The van der Waals surface area contributed by atoms with Crippen LogP contribution in [0.1, 0.15) is 25.0 Å². The first-order valence-electron chi connectivity index (χ1n) is 11.1. The third-order valence-corrected chi connectivity index (χ3v) is 5.59. The predicted octanol–water partition coefficient (Wildman–Crippen LogP) is 3.18. The van der Waals surface area contributed by atoms with Gasteiger partial charge in [0.2, 0.25) is 0 Å². The van der Waals surface area contributed by atoms with E-state index in [1.165, 1.54) is 7.11 Å². The molecule has 2 fully saturated rings. The van der Waals surface area contributed by atoms with Gasteiger partial charge in [0, 0.05) is 13.5 Å². The molecule has 0 aliphatic carbocycles. The third kappa shape index (κ3) is 5.60. The molecule has 6 atom stereocenters. The summed E-state index contributed by atoms with van der Waals surface area (Å²) in [4.78, 5) is 12.7. The van der Waals surface area contributed by atoms with Crippen LogP contribution in [-0.4, -0.2) is 56.4 Å². The smallest absolute Gasteiger partial charge is 0.337 e. The monoisotopic (exact) mass is 458 g/mol. The van der Waals surface area contributed by atoms with Crippen molar-refractivity contribution < 1.29 is 38.0 Å². The van der Waals surface area contributed by atoms with Gasteiger partial charge in [-0.25, -0.2) is 4.79 Å². The summed E-state index contributed by atoms with van der Waals surface area (Å²) in [6, 6.07) is 19.4. The second-order valence-corrected chi connectivity index (χ2v) is 7.97. The average molecular weight is 459 g/mol. The van der Waals surface area contributed by atoms with E-state index in [-0.39, 0.29) is 6.61 Å². The normalized spacial score (nSPS) is 31.2. The Hall–Kier alpha value is -2.33. The molecule has 2 aliphatic heterocycles. The molecule has 8 heteroatoms. The average Bonchev–Trinajstić information content (AvgIpc) is 3.17. The maximum absolute atomic E-state index is 12.7. The SMILES string of the molecule is CCOC1(C)O[C@H]2O[C@H](C(=O)OC)[C@@H](OCc3ccccc3)[C@H](OCc3ccccc3)[C@H]2O1. The largest absolute Gasteiger partial charge is 0.467 e. The topological polar surface area (TPSA) is 81.7 Å². The summed E-state index contributed by atoms with van der Waals surface area (Å²) in [6.07, 6.45) is -4.10. The Kier molecular flexibility index (Phi) is 7.75. The van der Waals surface area contributed by atoms with Crippen LogP contribution >= 0.6 is 0 Å². The Morgan fingerprint density at radius 2 is 1.48 bits per heavy atom. The zero-order valence-corrected chi connectivity index (χ0v) is 19.0. The minimum atomic E-state index is -1.33. The van der Waals surface area contributed by atoms with E-state index >= 15 is 0 Å². The number of carbonyl (C=O) groups excluding carboxylic acids is 1. The van der Waals surface area contributed by atoms with Gasteiger partial charge in [0.1, 0.15) is 18.3 Å². The number of fused-ring (bicyclic) bond motifs is 1. The summed E-state index contributed by atoms with van der Waals surface area (Å²) in [5, 5.41) is 0. The molecule has 8 nitrogen and oxygen atoms in total. The predicted molar refractivity (Wildman–Crippen MR) is 117 cm³/mol. The second-order valence-electron chi connectivity index (χ2n) is 7.97. The van der Waals surface area contributed by atoms with E-state index in [9.17, 15) is 4.79 Å². The minimum absolute atomic E-state index is 0.258. The second kappa shape index (κ2) is 10.7. The molecule has 2 aromatic carbocycles. The molecule has 2 aromatic rings. The van der Waals surface area contributed by atoms with Gasteiger partial charge >= 0.3 is 5.97 Å². The number of benzene rings is 2. The summed E-state index contributed by atoms with van der Waals surface area (Å²) in [6.45, 7) is 4.43. The zero-order chi connectivity index (χ0) is 23.3. The molecule has 2 heterocycles. The highest BCUT2D eigenvalue weighted by Crippen LogP contribution is 2.40. The number of carbonyl (C=O) groups is 1. The highest BCUT2D eigenvalue weighted by molar-refractivity contribution is 5.75. The first kappa shape index (κ1) is 23.8. The molecular formula is C25H30O8. The van der Waals surface area contributed by atoms with Crippen LogP contribution in [0.3, 0.4) is 0 Å². The van der Waals surface area contributed by atoms with E-state index in [0.29, 0.717) is 13.2 Å². The van der Waals surface area contributed by atoms with Crippen molar-refractivity contribution >= 4 is 5.97 Å². The quantitative estimate of drug-likeness (QED) is 0.530. The number of methoxy groups -OCH3 is 1. The lowest BCUT2D eigenvalue weighted by atomic mass is 9.98. The lowest BCUT2D eigenvalue weighted by molar-refractivity contribution is -0.342. The van der Waals surface area contributed by atoms with Gasteiger partial charge in [0.05, 0.1) is 20.3 Å². The van der Waals surface area contributed by atoms with Crippen LogP contribution in [0.2, 0.25) is 0 Å². The highest BCUT2D eigenvalue weighted by atomic mass is 16.9. The molecule has 178 valence electrons. The maximum Gasteiger partial charge on any atom is 0.337 e. The molecule has 0 amide bonds. The lowest BCUT2D eigenvalue weighted by Crippen LogP contribution is -2.60. The fourth-order valence-corrected chi connectivity index (χ4v) is 4.06. The minimum Gasteiger partial charge on any atom is -0.467 e. The van der Waals surface area contributed by atoms with Crippen LogP contribution in [0.25, 0.3) is 0 Å². The Morgan fingerprint density at radius 1 is 0.909 bits per heavy atom. The molecule has 0 spiro atoms. The van der Waals surface area contributed by atoms with E-state index in [2.05, 4.69) is 0 Å². The number of rotatable bonds is 9. The first-order valence-corrected chi connectivity index (χ1v) is 11.1. The zero-order valence-electron chi connectivity index (χ0n) is 19.0. The fraction of sp³-hybridized carbons (Fsp3) is 0.480. The van der Waals surface area contributed by atoms with Gasteiger partial charge in [-0.1, -0.05) is 60.7 Å². The van der Waals surface area contributed by atoms with Crippen molar-refractivity contribution in [2.75, 3.05) is 13.7 Å². The first-order chi connectivity index (χ1) is 16.0.